The van der Waals surface area contributed by atoms with Crippen molar-refractivity contribution >= 4 is 34.2 Å². The zero-order valence-electron chi connectivity index (χ0n) is 10.4. The summed E-state index contributed by atoms with van der Waals surface area (Å²) in [6, 6.07) is 6.14. The number of pyridine rings is 1. The van der Waals surface area contributed by atoms with Crippen LogP contribution in [0.25, 0.3) is 16.7 Å². The molecule has 0 radical (unpaired) electrons. The number of alkyl halides is 1. The van der Waals surface area contributed by atoms with E-state index in [1.165, 1.54) is 12.1 Å². The summed E-state index contributed by atoms with van der Waals surface area (Å²) in [5.41, 5.74) is 2.31. The van der Waals surface area contributed by atoms with Gasteiger partial charge >= 0.3 is 0 Å². The van der Waals surface area contributed by atoms with Crippen molar-refractivity contribution in [1.82, 2.24) is 14.5 Å². The summed E-state index contributed by atoms with van der Waals surface area (Å²) in [5.74, 6) is 0.843. The number of aryl methyl sites for hydroxylation is 1. The Kier molecular flexibility index (Phi) is 3.59. The number of rotatable bonds is 3. The highest BCUT2D eigenvalue weighted by Gasteiger charge is 2.14. The molecule has 2 heterocycles. The number of hydrogen-bond donors (Lipinski definition) is 0. The first-order valence-corrected chi connectivity index (χ1v) is 6.94. The summed E-state index contributed by atoms with van der Waals surface area (Å²) in [6.45, 7) is 0. The van der Waals surface area contributed by atoms with E-state index in [0.29, 0.717) is 23.0 Å². The zero-order chi connectivity index (χ0) is 14.1. The highest BCUT2D eigenvalue weighted by Crippen LogP contribution is 2.27. The minimum atomic E-state index is -0.372. The molecule has 102 valence electrons. The molecule has 0 saturated heterocycles. The van der Waals surface area contributed by atoms with Crippen molar-refractivity contribution in [3.63, 3.8) is 0 Å². The molecule has 1 aromatic carbocycles. The van der Waals surface area contributed by atoms with E-state index in [1.54, 1.807) is 18.5 Å². The van der Waals surface area contributed by atoms with Gasteiger partial charge in [0, 0.05) is 18.5 Å². The molecule has 2 aromatic heterocycles. The van der Waals surface area contributed by atoms with Crippen LogP contribution in [0.15, 0.2) is 36.7 Å². The molecule has 0 aliphatic heterocycles. The fraction of sp³-hybridized carbons (Fsp3) is 0.143. The van der Waals surface area contributed by atoms with Gasteiger partial charge in [-0.3, -0.25) is 9.55 Å². The number of imidazole rings is 1. The number of benzene rings is 1. The average molecular weight is 310 g/mol. The first-order valence-electron chi connectivity index (χ1n) is 6.03. The molecular weight excluding hydrogens is 300 g/mol. The van der Waals surface area contributed by atoms with E-state index in [-0.39, 0.29) is 5.82 Å². The van der Waals surface area contributed by atoms with Crippen LogP contribution in [-0.2, 0) is 6.42 Å². The van der Waals surface area contributed by atoms with Crippen LogP contribution in [-0.4, -0.2) is 20.4 Å². The number of nitrogens with zero attached hydrogens (tertiary/aromatic N) is 3. The van der Waals surface area contributed by atoms with Crippen LogP contribution in [0.1, 0.15) is 5.82 Å². The lowest BCUT2D eigenvalue weighted by Gasteiger charge is -2.10. The normalized spacial score (nSPS) is 11.2. The van der Waals surface area contributed by atoms with Gasteiger partial charge in [-0.05, 0) is 24.3 Å². The molecular formula is C14H10Cl2FN3. The van der Waals surface area contributed by atoms with Crippen LogP contribution in [0.3, 0.4) is 0 Å². The SMILES string of the molecule is Fc1ccc(-n2c(CCCl)nc3cnccc32)c(Cl)c1. The van der Waals surface area contributed by atoms with Gasteiger partial charge in [-0.25, -0.2) is 9.37 Å². The molecule has 3 rings (SSSR count). The fourth-order valence-corrected chi connectivity index (χ4v) is 2.59. The van der Waals surface area contributed by atoms with Gasteiger partial charge in [-0.1, -0.05) is 11.6 Å². The highest BCUT2D eigenvalue weighted by molar-refractivity contribution is 6.32. The molecule has 0 aliphatic rings. The first-order chi connectivity index (χ1) is 9.70. The third kappa shape index (κ3) is 2.25. The van der Waals surface area contributed by atoms with Crippen LogP contribution in [0, 0.1) is 5.82 Å². The minimum absolute atomic E-state index is 0.330. The third-order valence-electron chi connectivity index (χ3n) is 2.99. The summed E-state index contributed by atoms with van der Waals surface area (Å²) >= 11 is 12.0. The Bertz CT molecular complexity index is 770. The molecule has 20 heavy (non-hydrogen) atoms. The van der Waals surface area contributed by atoms with Crippen molar-refractivity contribution in [3.8, 4) is 5.69 Å². The maximum Gasteiger partial charge on any atom is 0.124 e. The zero-order valence-corrected chi connectivity index (χ0v) is 11.9. The topological polar surface area (TPSA) is 30.7 Å². The van der Waals surface area contributed by atoms with Gasteiger partial charge in [0.25, 0.3) is 0 Å². The summed E-state index contributed by atoms with van der Waals surface area (Å²) in [7, 11) is 0. The summed E-state index contributed by atoms with van der Waals surface area (Å²) in [4.78, 5) is 8.56. The average Bonchev–Trinajstić information content (AvgIpc) is 2.78. The Hall–Kier alpha value is -1.65. The van der Waals surface area contributed by atoms with E-state index in [1.807, 2.05) is 10.6 Å². The first kappa shape index (κ1) is 13.3. The Balaban J connectivity index is 2.30. The third-order valence-corrected chi connectivity index (χ3v) is 3.49. The molecule has 0 fully saturated rings. The Morgan fingerprint density at radius 2 is 2.10 bits per heavy atom. The van der Waals surface area contributed by atoms with Crippen LogP contribution in [0.4, 0.5) is 4.39 Å². The lowest BCUT2D eigenvalue weighted by molar-refractivity contribution is 0.627. The van der Waals surface area contributed by atoms with E-state index < -0.39 is 0 Å². The standard InChI is InChI=1S/C14H10Cl2FN3/c15-5-3-14-19-11-8-18-6-4-13(11)20(14)12-2-1-9(17)7-10(12)16/h1-2,4,6-8H,3,5H2. The second-order valence-corrected chi connectivity index (χ2v) is 5.05. The predicted octanol–water partition coefficient (Wildman–Crippen LogP) is 3.99. The second kappa shape index (κ2) is 5.38. The molecule has 6 heteroatoms. The highest BCUT2D eigenvalue weighted by atomic mass is 35.5. The van der Waals surface area contributed by atoms with Crippen molar-refractivity contribution in [3.05, 3.63) is 53.3 Å². The van der Waals surface area contributed by atoms with Crippen molar-refractivity contribution < 1.29 is 4.39 Å². The largest absolute Gasteiger partial charge is 0.295 e. The smallest absolute Gasteiger partial charge is 0.124 e. The molecule has 0 N–H and O–H groups in total. The van der Waals surface area contributed by atoms with Gasteiger partial charge in [-0.15, -0.1) is 11.6 Å². The minimum Gasteiger partial charge on any atom is -0.295 e. The van der Waals surface area contributed by atoms with E-state index in [9.17, 15) is 4.39 Å². The number of fused-ring (bicyclic) bond motifs is 1. The number of hydrogen-bond acceptors (Lipinski definition) is 2. The maximum atomic E-state index is 13.2. The Morgan fingerprint density at radius 3 is 2.85 bits per heavy atom. The van der Waals surface area contributed by atoms with Crippen molar-refractivity contribution in [2.45, 2.75) is 6.42 Å². The van der Waals surface area contributed by atoms with E-state index in [0.717, 1.165) is 16.9 Å². The molecule has 3 nitrogen and oxygen atoms in total. The van der Waals surface area contributed by atoms with Gasteiger partial charge in [0.15, 0.2) is 0 Å². The summed E-state index contributed by atoms with van der Waals surface area (Å²) < 4.78 is 15.1. The Labute approximate surface area is 125 Å². The number of aromatic nitrogens is 3. The quantitative estimate of drug-likeness (QED) is 0.685. The van der Waals surface area contributed by atoms with Crippen LogP contribution in [0.5, 0.6) is 0 Å². The van der Waals surface area contributed by atoms with Gasteiger partial charge in [0.1, 0.15) is 17.2 Å². The van der Waals surface area contributed by atoms with Crippen LogP contribution >= 0.6 is 23.2 Å². The molecule has 0 saturated carbocycles. The Morgan fingerprint density at radius 1 is 1.25 bits per heavy atom. The molecule has 0 unspecified atom stereocenters. The number of halogens is 3. The lowest BCUT2D eigenvalue weighted by Crippen LogP contribution is -2.03. The van der Waals surface area contributed by atoms with Gasteiger partial charge < -0.3 is 0 Å². The van der Waals surface area contributed by atoms with E-state index >= 15 is 0 Å². The molecule has 0 atom stereocenters. The fourth-order valence-electron chi connectivity index (χ4n) is 2.17. The second-order valence-electron chi connectivity index (χ2n) is 4.26. The van der Waals surface area contributed by atoms with Crippen molar-refractivity contribution in [1.29, 1.82) is 0 Å². The summed E-state index contributed by atoms with van der Waals surface area (Å²) in [5, 5.41) is 0.330. The molecule has 0 spiro atoms. The lowest BCUT2D eigenvalue weighted by atomic mass is 10.3. The van der Waals surface area contributed by atoms with Gasteiger partial charge in [0.05, 0.1) is 22.4 Å². The monoisotopic (exact) mass is 309 g/mol. The van der Waals surface area contributed by atoms with Crippen molar-refractivity contribution in [2.24, 2.45) is 0 Å². The van der Waals surface area contributed by atoms with E-state index in [2.05, 4.69) is 9.97 Å². The predicted molar refractivity (Wildman–Crippen MR) is 78.3 cm³/mol. The molecule has 0 aliphatic carbocycles. The van der Waals surface area contributed by atoms with E-state index in [4.69, 9.17) is 23.2 Å². The molecule has 0 amide bonds. The van der Waals surface area contributed by atoms with Gasteiger partial charge in [-0.2, -0.15) is 0 Å². The van der Waals surface area contributed by atoms with Crippen molar-refractivity contribution in [2.75, 3.05) is 5.88 Å². The maximum absolute atomic E-state index is 13.2. The van der Waals surface area contributed by atoms with Gasteiger partial charge in [0.2, 0.25) is 0 Å². The summed E-state index contributed by atoms with van der Waals surface area (Å²) in [6.07, 6.45) is 3.95. The van der Waals surface area contributed by atoms with Crippen LogP contribution < -0.4 is 0 Å². The molecule has 0 bridgehead atoms. The molecule has 3 aromatic rings. The van der Waals surface area contributed by atoms with Crippen LogP contribution in [0.2, 0.25) is 5.02 Å².